The topological polar surface area (TPSA) is 84.9 Å². The van der Waals surface area contributed by atoms with Crippen LogP contribution in [0, 0.1) is 6.92 Å². The molecule has 0 aliphatic heterocycles. The van der Waals surface area contributed by atoms with E-state index >= 15 is 0 Å². The summed E-state index contributed by atoms with van der Waals surface area (Å²) in [5, 5.41) is 3.04. The SMILES string of the molecule is CCc1ccccc1N(CC(=O)Nc1cc(OC)c(Cl)cc1OC)S(=O)(=O)c1ccc(C)cc1. The van der Waals surface area contributed by atoms with Crippen LogP contribution in [-0.2, 0) is 21.2 Å². The van der Waals surface area contributed by atoms with Gasteiger partial charge in [0, 0.05) is 12.1 Å². The number of hydrogen-bond acceptors (Lipinski definition) is 5. The molecule has 0 atom stereocenters. The first-order valence-electron chi connectivity index (χ1n) is 10.6. The third-order valence-corrected chi connectivity index (χ3v) is 7.35. The molecule has 0 radical (unpaired) electrons. The first-order valence-corrected chi connectivity index (χ1v) is 12.4. The summed E-state index contributed by atoms with van der Waals surface area (Å²) in [5.41, 5.74) is 2.49. The van der Waals surface area contributed by atoms with Crippen molar-refractivity contribution in [1.82, 2.24) is 0 Å². The highest BCUT2D eigenvalue weighted by atomic mass is 35.5. The van der Waals surface area contributed by atoms with E-state index in [1.54, 1.807) is 24.3 Å². The van der Waals surface area contributed by atoms with Gasteiger partial charge in [-0.2, -0.15) is 0 Å². The normalized spacial score (nSPS) is 11.1. The number of hydrogen-bond donors (Lipinski definition) is 1. The predicted octanol–water partition coefficient (Wildman–Crippen LogP) is 5.06. The molecule has 0 aliphatic carbocycles. The van der Waals surface area contributed by atoms with E-state index in [4.69, 9.17) is 21.1 Å². The zero-order valence-corrected chi connectivity index (χ0v) is 21.0. The number of amides is 1. The Morgan fingerprint density at radius 2 is 1.65 bits per heavy atom. The fourth-order valence-electron chi connectivity index (χ4n) is 3.47. The highest BCUT2D eigenvalue weighted by molar-refractivity contribution is 7.92. The minimum absolute atomic E-state index is 0.0996. The molecule has 0 spiro atoms. The molecule has 34 heavy (non-hydrogen) atoms. The quantitative estimate of drug-likeness (QED) is 0.442. The number of carbonyl (C=O) groups is 1. The summed E-state index contributed by atoms with van der Waals surface area (Å²) in [6.07, 6.45) is 0.597. The molecule has 3 rings (SSSR count). The number of halogens is 1. The number of para-hydroxylation sites is 1. The molecular formula is C25H27ClN2O5S. The summed E-state index contributed by atoms with van der Waals surface area (Å²) >= 11 is 6.15. The van der Waals surface area contributed by atoms with E-state index in [-0.39, 0.29) is 4.90 Å². The lowest BCUT2D eigenvalue weighted by Crippen LogP contribution is -2.38. The molecule has 180 valence electrons. The Kier molecular flexibility index (Phi) is 8.06. The standard InChI is InChI=1S/C25H27ClN2O5S/c1-5-18-8-6-7-9-22(18)28(34(30,31)19-12-10-17(2)11-13-19)16-25(29)27-21-15-23(32-3)20(26)14-24(21)33-4/h6-15H,5,16H2,1-4H3,(H,27,29). The first kappa shape index (κ1) is 25.4. The molecule has 0 fully saturated rings. The highest BCUT2D eigenvalue weighted by Gasteiger charge is 2.29. The lowest BCUT2D eigenvalue weighted by molar-refractivity contribution is -0.114. The van der Waals surface area contributed by atoms with Gasteiger partial charge in [0.2, 0.25) is 5.91 Å². The number of benzene rings is 3. The van der Waals surface area contributed by atoms with Crippen molar-refractivity contribution in [3.63, 3.8) is 0 Å². The van der Waals surface area contributed by atoms with E-state index in [9.17, 15) is 13.2 Å². The molecule has 7 nitrogen and oxygen atoms in total. The fraction of sp³-hybridized carbons (Fsp3) is 0.240. The van der Waals surface area contributed by atoms with E-state index in [1.807, 2.05) is 26.0 Å². The summed E-state index contributed by atoms with van der Waals surface area (Å²) in [5.74, 6) is 0.114. The van der Waals surface area contributed by atoms with Crippen LogP contribution in [0.1, 0.15) is 18.1 Å². The van der Waals surface area contributed by atoms with Crippen LogP contribution in [0.3, 0.4) is 0 Å². The first-order chi connectivity index (χ1) is 16.2. The van der Waals surface area contributed by atoms with Crippen LogP contribution in [0.15, 0.2) is 65.6 Å². The van der Waals surface area contributed by atoms with Crippen LogP contribution < -0.4 is 19.1 Å². The van der Waals surface area contributed by atoms with Gasteiger partial charge in [0.25, 0.3) is 10.0 Å². The molecule has 0 unspecified atom stereocenters. The smallest absolute Gasteiger partial charge is 0.264 e. The Morgan fingerprint density at radius 3 is 2.26 bits per heavy atom. The second-order valence-electron chi connectivity index (χ2n) is 7.54. The maximum absolute atomic E-state index is 13.7. The van der Waals surface area contributed by atoms with E-state index < -0.39 is 22.5 Å². The highest BCUT2D eigenvalue weighted by Crippen LogP contribution is 2.36. The lowest BCUT2D eigenvalue weighted by Gasteiger charge is -2.26. The Bertz CT molecular complexity index is 1280. The molecule has 9 heteroatoms. The van der Waals surface area contributed by atoms with Crippen LogP contribution >= 0.6 is 11.6 Å². The summed E-state index contributed by atoms with van der Waals surface area (Å²) < 4.78 is 39.0. The fourth-order valence-corrected chi connectivity index (χ4v) is 5.16. The van der Waals surface area contributed by atoms with Crippen molar-refractivity contribution in [2.24, 2.45) is 0 Å². The van der Waals surface area contributed by atoms with Crippen molar-refractivity contribution < 1.29 is 22.7 Å². The minimum atomic E-state index is -4.03. The lowest BCUT2D eigenvalue weighted by atomic mass is 10.1. The van der Waals surface area contributed by atoms with Gasteiger partial charge in [0.1, 0.15) is 18.0 Å². The summed E-state index contributed by atoms with van der Waals surface area (Å²) in [7, 11) is -1.13. The molecular weight excluding hydrogens is 476 g/mol. The second kappa shape index (κ2) is 10.8. The molecule has 0 aliphatic rings. The van der Waals surface area contributed by atoms with E-state index in [2.05, 4.69) is 5.32 Å². The monoisotopic (exact) mass is 502 g/mol. The zero-order chi connectivity index (χ0) is 24.9. The van der Waals surface area contributed by atoms with Crippen molar-refractivity contribution in [2.75, 3.05) is 30.4 Å². The average Bonchev–Trinajstić information content (AvgIpc) is 2.83. The average molecular weight is 503 g/mol. The van der Waals surface area contributed by atoms with E-state index in [0.717, 1.165) is 15.4 Å². The predicted molar refractivity (Wildman–Crippen MR) is 135 cm³/mol. The van der Waals surface area contributed by atoms with Gasteiger partial charge < -0.3 is 14.8 Å². The third-order valence-electron chi connectivity index (χ3n) is 5.29. The number of nitrogens with zero attached hydrogens (tertiary/aromatic N) is 1. The molecule has 0 saturated carbocycles. The number of sulfonamides is 1. The molecule has 0 heterocycles. The maximum Gasteiger partial charge on any atom is 0.264 e. The van der Waals surface area contributed by atoms with Gasteiger partial charge in [-0.25, -0.2) is 8.42 Å². The molecule has 3 aromatic rings. The molecule has 3 aromatic carbocycles. The van der Waals surface area contributed by atoms with Gasteiger partial charge in [0.05, 0.1) is 35.5 Å². The van der Waals surface area contributed by atoms with Crippen molar-refractivity contribution in [3.05, 3.63) is 76.8 Å². The summed E-state index contributed by atoms with van der Waals surface area (Å²) in [4.78, 5) is 13.2. The molecule has 0 bridgehead atoms. The van der Waals surface area contributed by atoms with Crippen LogP contribution in [0.5, 0.6) is 11.5 Å². The molecule has 0 aromatic heterocycles. The Morgan fingerprint density at radius 1 is 1.00 bits per heavy atom. The zero-order valence-electron chi connectivity index (χ0n) is 19.5. The van der Waals surface area contributed by atoms with Crippen molar-refractivity contribution in [1.29, 1.82) is 0 Å². The van der Waals surface area contributed by atoms with Gasteiger partial charge in [-0.3, -0.25) is 9.10 Å². The Balaban J connectivity index is 2.01. The maximum atomic E-state index is 13.7. The van der Waals surface area contributed by atoms with Crippen molar-refractivity contribution >= 4 is 38.9 Å². The summed E-state index contributed by atoms with van der Waals surface area (Å²) in [6, 6.07) is 16.7. The van der Waals surface area contributed by atoms with Crippen LogP contribution in [0.4, 0.5) is 11.4 Å². The number of methoxy groups -OCH3 is 2. The van der Waals surface area contributed by atoms with Gasteiger partial charge >= 0.3 is 0 Å². The molecule has 1 N–H and O–H groups in total. The van der Waals surface area contributed by atoms with E-state index in [1.165, 1.54) is 38.5 Å². The third kappa shape index (κ3) is 5.46. The van der Waals surface area contributed by atoms with Gasteiger partial charge in [-0.15, -0.1) is 0 Å². The Labute approximate surface area is 205 Å². The van der Waals surface area contributed by atoms with Gasteiger partial charge in [0.15, 0.2) is 0 Å². The minimum Gasteiger partial charge on any atom is -0.495 e. The number of rotatable bonds is 9. The van der Waals surface area contributed by atoms with Gasteiger partial charge in [-0.1, -0.05) is 54.4 Å². The Hall–Kier alpha value is -3.23. The second-order valence-corrected chi connectivity index (χ2v) is 9.81. The van der Waals surface area contributed by atoms with Crippen LogP contribution in [0.2, 0.25) is 5.02 Å². The number of anilines is 2. The van der Waals surface area contributed by atoms with E-state index in [0.29, 0.717) is 34.3 Å². The largest absolute Gasteiger partial charge is 0.495 e. The molecule has 0 saturated heterocycles. The number of carbonyl (C=O) groups excluding carboxylic acids is 1. The number of aryl methyl sites for hydroxylation is 2. The van der Waals surface area contributed by atoms with Crippen molar-refractivity contribution in [2.45, 2.75) is 25.2 Å². The molecule has 1 amide bonds. The number of ether oxygens (including phenoxy) is 2. The summed E-state index contributed by atoms with van der Waals surface area (Å²) in [6.45, 7) is 3.36. The van der Waals surface area contributed by atoms with Gasteiger partial charge in [-0.05, 0) is 37.1 Å². The van der Waals surface area contributed by atoms with Crippen LogP contribution in [0.25, 0.3) is 0 Å². The van der Waals surface area contributed by atoms with Crippen LogP contribution in [-0.4, -0.2) is 35.1 Å². The van der Waals surface area contributed by atoms with Crippen molar-refractivity contribution in [3.8, 4) is 11.5 Å². The number of nitrogens with one attached hydrogen (secondary N) is 1.